The van der Waals surface area contributed by atoms with Crippen molar-refractivity contribution in [2.75, 3.05) is 7.11 Å². The molecular formula is C19H30O4. The normalized spacial score (nSPS) is 12.1. The molecule has 23 heavy (non-hydrogen) atoms. The molecule has 0 aliphatic rings. The smallest absolute Gasteiger partial charge is 0.160 e. The first-order valence-corrected chi connectivity index (χ1v) is 8.62. The van der Waals surface area contributed by atoms with Gasteiger partial charge in [-0.3, -0.25) is 4.79 Å². The second kappa shape index (κ2) is 11.1. The van der Waals surface area contributed by atoms with Gasteiger partial charge in [0.2, 0.25) is 0 Å². The highest BCUT2D eigenvalue weighted by Gasteiger charge is 2.11. The number of Topliss-reactive ketones (excluding diaryl/α,β-unsaturated/α-hetero) is 1. The van der Waals surface area contributed by atoms with Crippen molar-refractivity contribution >= 4 is 5.78 Å². The van der Waals surface area contributed by atoms with Crippen molar-refractivity contribution in [3.05, 3.63) is 23.8 Å². The highest BCUT2D eigenvalue weighted by Crippen LogP contribution is 2.27. The number of aliphatic hydroxyl groups is 1. The minimum Gasteiger partial charge on any atom is -0.504 e. The molecule has 0 spiro atoms. The van der Waals surface area contributed by atoms with Crippen LogP contribution < -0.4 is 4.74 Å². The molecule has 2 N–H and O–H groups in total. The van der Waals surface area contributed by atoms with Crippen molar-refractivity contribution in [1.82, 2.24) is 0 Å². The van der Waals surface area contributed by atoms with Gasteiger partial charge in [0.1, 0.15) is 5.78 Å². The van der Waals surface area contributed by atoms with Gasteiger partial charge in [-0.2, -0.15) is 0 Å². The minimum atomic E-state index is -0.599. The molecule has 0 saturated carbocycles. The Labute approximate surface area is 139 Å². The van der Waals surface area contributed by atoms with Crippen molar-refractivity contribution in [1.29, 1.82) is 0 Å². The van der Waals surface area contributed by atoms with Crippen molar-refractivity contribution in [2.45, 2.75) is 70.8 Å². The van der Waals surface area contributed by atoms with E-state index in [-0.39, 0.29) is 18.0 Å². The quantitative estimate of drug-likeness (QED) is 0.571. The van der Waals surface area contributed by atoms with Crippen molar-refractivity contribution in [3.63, 3.8) is 0 Å². The summed E-state index contributed by atoms with van der Waals surface area (Å²) in [6.07, 6.45) is 7.06. The molecule has 0 bridgehead atoms. The summed E-state index contributed by atoms with van der Waals surface area (Å²) in [6.45, 7) is 2.17. The summed E-state index contributed by atoms with van der Waals surface area (Å²) in [5.41, 5.74) is 0.978. The third-order valence-corrected chi connectivity index (χ3v) is 4.03. The third-order valence-electron chi connectivity index (χ3n) is 4.03. The summed E-state index contributed by atoms with van der Waals surface area (Å²) >= 11 is 0. The van der Waals surface area contributed by atoms with E-state index in [1.54, 1.807) is 18.2 Å². The Bertz CT molecular complexity index is 470. The summed E-state index contributed by atoms with van der Waals surface area (Å²) in [6, 6.07) is 5.15. The molecular weight excluding hydrogens is 292 g/mol. The van der Waals surface area contributed by atoms with Gasteiger partial charge in [-0.1, -0.05) is 38.7 Å². The lowest BCUT2D eigenvalue weighted by Crippen LogP contribution is -2.14. The molecule has 0 saturated heterocycles. The molecule has 0 aromatic heterocycles. The molecule has 1 atom stereocenters. The fourth-order valence-electron chi connectivity index (χ4n) is 2.60. The number of hydrogen-bond donors (Lipinski definition) is 2. The van der Waals surface area contributed by atoms with Gasteiger partial charge in [-0.05, 0) is 37.0 Å². The molecule has 4 heteroatoms. The monoisotopic (exact) mass is 322 g/mol. The number of methoxy groups -OCH3 is 1. The number of carbonyl (C=O) groups is 1. The number of ether oxygens (including phenoxy) is 1. The van der Waals surface area contributed by atoms with E-state index in [1.807, 2.05) is 0 Å². The van der Waals surface area contributed by atoms with Gasteiger partial charge in [0.25, 0.3) is 0 Å². The lowest BCUT2D eigenvalue weighted by atomic mass is 10.0. The number of aromatic hydroxyl groups is 1. The molecule has 1 aromatic carbocycles. The first-order chi connectivity index (χ1) is 11.1. The lowest BCUT2D eigenvalue weighted by Gasteiger charge is -2.11. The fourth-order valence-corrected chi connectivity index (χ4v) is 2.60. The Morgan fingerprint density at radius 2 is 1.96 bits per heavy atom. The number of benzene rings is 1. The van der Waals surface area contributed by atoms with Crippen LogP contribution in [0.15, 0.2) is 18.2 Å². The largest absolute Gasteiger partial charge is 0.504 e. The maximum Gasteiger partial charge on any atom is 0.160 e. The van der Waals surface area contributed by atoms with E-state index in [0.717, 1.165) is 18.4 Å². The Hall–Kier alpha value is -1.55. The van der Waals surface area contributed by atoms with E-state index in [1.165, 1.54) is 26.4 Å². The van der Waals surface area contributed by atoms with Crippen LogP contribution in [0.4, 0.5) is 0 Å². The maximum absolute atomic E-state index is 11.8. The summed E-state index contributed by atoms with van der Waals surface area (Å²) < 4.78 is 5.06. The average Bonchev–Trinajstić information content (AvgIpc) is 2.54. The molecule has 0 aliphatic heterocycles. The van der Waals surface area contributed by atoms with E-state index in [9.17, 15) is 15.0 Å². The SMILES string of the molecule is CCCCCCCC(=O)CC(O)CCc1ccc(O)c(OC)c1. The molecule has 1 unspecified atom stereocenters. The molecule has 0 amide bonds. The number of hydrogen-bond acceptors (Lipinski definition) is 4. The zero-order valence-corrected chi connectivity index (χ0v) is 14.4. The van der Waals surface area contributed by atoms with Crippen LogP contribution in [-0.2, 0) is 11.2 Å². The van der Waals surface area contributed by atoms with Gasteiger partial charge >= 0.3 is 0 Å². The Morgan fingerprint density at radius 3 is 2.65 bits per heavy atom. The van der Waals surface area contributed by atoms with Gasteiger partial charge in [-0.15, -0.1) is 0 Å². The molecule has 0 heterocycles. The van der Waals surface area contributed by atoms with Crippen LogP contribution >= 0.6 is 0 Å². The summed E-state index contributed by atoms with van der Waals surface area (Å²) in [7, 11) is 1.51. The Morgan fingerprint density at radius 1 is 1.22 bits per heavy atom. The Kier molecular flexibility index (Phi) is 9.37. The molecule has 0 fully saturated rings. The number of aliphatic hydroxyl groups excluding tert-OH is 1. The second-order valence-corrected chi connectivity index (χ2v) is 6.11. The third kappa shape index (κ3) is 8.03. The van der Waals surface area contributed by atoms with E-state index in [2.05, 4.69) is 6.92 Å². The van der Waals surface area contributed by atoms with Crippen molar-refractivity contribution < 1.29 is 19.7 Å². The average molecular weight is 322 g/mol. The fraction of sp³-hybridized carbons (Fsp3) is 0.632. The highest BCUT2D eigenvalue weighted by molar-refractivity contribution is 5.78. The van der Waals surface area contributed by atoms with Crippen LogP contribution in [0, 0.1) is 0 Å². The first kappa shape index (κ1) is 19.5. The van der Waals surface area contributed by atoms with Crippen LogP contribution in [0.5, 0.6) is 11.5 Å². The number of phenols is 1. The summed E-state index contributed by atoms with van der Waals surface area (Å²) in [4.78, 5) is 11.8. The second-order valence-electron chi connectivity index (χ2n) is 6.11. The molecule has 1 rings (SSSR count). The van der Waals surface area contributed by atoms with Crippen LogP contribution in [0.25, 0.3) is 0 Å². The number of ketones is 1. The van der Waals surface area contributed by atoms with Crippen LogP contribution in [-0.4, -0.2) is 29.2 Å². The van der Waals surface area contributed by atoms with Gasteiger partial charge in [0.05, 0.1) is 13.2 Å². The first-order valence-electron chi connectivity index (χ1n) is 8.62. The predicted octanol–water partition coefficient (Wildman–Crippen LogP) is 4.01. The van der Waals surface area contributed by atoms with E-state index in [4.69, 9.17) is 4.74 Å². The molecule has 130 valence electrons. The van der Waals surface area contributed by atoms with Crippen molar-refractivity contribution in [3.8, 4) is 11.5 Å². The zero-order chi connectivity index (χ0) is 17.1. The predicted molar refractivity (Wildman–Crippen MR) is 92.0 cm³/mol. The standard InChI is InChI=1S/C19H30O4/c1-3-4-5-6-7-8-16(20)14-17(21)11-9-15-10-12-18(22)19(13-15)23-2/h10,12-13,17,21-22H,3-9,11,14H2,1-2H3. The van der Waals surface area contributed by atoms with Gasteiger partial charge in [-0.25, -0.2) is 0 Å². The number of aryl methyl sites for hydroxylation is 1. The molecule has 1 aromatic rings. The zero-order valence-electron chi connectivity index (χ0n) is 14.4. The number of carbonyl (C=O) groups excluding carboxylic acids is 1. The van der Waals surface area contributed by atoms with E-state index >= 15 is 0 Å². The van der Waals surface area contributed by atoms with Gasteiger partial charge in [0, 0.05) is 12.8 Å². The van der Waals surface area contributed by atoms with Crippen LogP contribution in [0.2, 0.25) is 0 Å². The topological polar surface area (TPSA) is 66.8 Å². The van der Waals surface area contributed by atoms with Crippen LogP contribution in [0.1, 0.15) is 63.9 Å². The van der Waals surface area contributed by atoms with Crippen molar-refractivity contribution in [2.24, 2.45) is 0 Å². The highest BCUT2D eigenvalue weighted by atomic mass is 16.5. The summed E-state index contributed by atoms with van der Waals surface area (Å²) in [5.74, 6) is 0.687. The molecule has 4 nitrogen and oxygen atoms in total. The van der Waals surface area contributed by atoms with Gasteiger partial charge < -0.3 is 14.9 Å². The number of rotatable bonds is 12. The Balaban J connectivity index is 2.25. The minimum absolute atomic E-state index is 0.107. The number of unbranched alkanes of at least 4 members (excludes halogenated alkanes) is 4. The van der Waals surface area contributed by atoms with Crippen LogP contribution in [0.3, 0.4) is 0 Å². The lowest BCUT2D eigenvalue weighted by molar-refractivity contribution is -0.121. The van der Waals surface area contributed by atoms with Gasteiger partial charge in [0.15, 0.2) is 11.5 Å². The maximum atomic E-state index is 11.8. The number of phenolic OH excluding ortho intramolecular Hbond substituents is 1. The molecule has 0 aliphatic carbocycles. The summed E-state index contributed by atoms with van der Waals surface area (Å²) in [5, 5.41) is 19.5. The van der Waals surface area contributed by atoms with E-state index < -0.39 is 6.10 Å². The molecule has 0 radical (unpaired) electrons. The van der Waals surface area contributed by atoms with E-state index in [0.29, 0.717) is 25.0 Å².